The van der Waals surface area contributed by atoms with E-state index in [-0.39, 0.29) is 6.10 Å². The summed E-state index contributed by atoms with van der Waals surface area (Å²) in [4.78, 5) is 19.5. The van der Waals surface area contributed by atoms with Gasteiger partial charge in [0, 0.05) is 6.54 Å². The second-order valence-electron chi connectivity index (χ2n) is 3.57. The molecular weight excluding hydrogens is 234 g/mol. The summed E-state index contributed by atoms with van der Waals surface area (Å²) in [5.74, 6) is -3.54. The number of aliphatic hydroxyl groups is 3. The van der Waals surface area contributed by atoms with Crippen molar-refractivity contribution in [2.75, 3.05) is 13.1 Å². The standard InChI is InChI=1S/C5H11NO.C4H6O6/c7-5-2-1-3-6-4-5;5-1(3(7)8)2(6)4(9)10/h5-7H,1-4H2;1-2,5-6H,(H,7,8)(H,9,10)/t5-;/m0./s1. The Morgan fingerprint density at radius 2 is 1.59 bits per heavy atom. The van der Waals surface area contributed by atoms with Gasteiger partial charge in [-0.15, -0.1) is 0 Å². The highest BCUT2D eigenvalue weighted by atomic mass is 16.4. The summed E-state index contributed by atoms with van der Waals surface area (Å²) in [6.45, 7) is 1.87. The Hall–Kier alpha value is -1.22. The van der Waals surface area contributed by atoms with E-state index >= 15 is 0 Å². The monoisotopic (exact) mass is 251 g/mol. The third-order valence-corrected chi connectivity index (χ3v) is 2.08. The summed E-state index contributed by atoms with van der Waals surface area (Å²) in [6.07, 6.45) is -2.50. The lowest BCUT2D eigenvalue weighted by atomic mass is 10.1. The van der Waals surface area contributed by atoms with Gasteiger partial charge >= 0.3 is 11.9 Å². The second-order valence-corrected chi connectivity index (χ2v) is 3.57. The van der Waals surface area contributed by atoms with Crippen molar-refractivity contribution in [2.24, 2.45) is 0 Å². The van der Waals surface area contributed by atoms with Gasteiger partial charge in [-0.3, -0.25) is 0 Å². The van der Waals surface area contributed by atoms with Gasteiger partial charge < -0.3 is 30.8 Å². The van der Waals surface area contributed by atoms with Crippen LogP contribution in [0.15, 0.2) is 0 Å². The van der Waals surface area contributed by atoms with E-state index in [1.807, 2.05) is 0 Å². The smallest absolute Gasteiger partial charge is 0.335 e. The molecule has 0 bridgehead atoms. The molecule has 1 heterocycles. The molecule has 0 amide bonds. The van der Waals surface area contributed by atoms with Crippen LogP contribution in [0.25, 0.3) is 0 Å². The summed E-state index contributed by atoms with van der Waals surface area (Å²) >= 11 is 0. The van der Waals surface area contributed by atoms with Crippen molar-refractivity contribution in [2.45, 2.75) is 31.2 Å². The Morgan fingerprint density at radius 3 is 1.76 bits per heavy atom. The highest BCUT2D eigenvalue weighted by molar-refractivity contribution is 5.83. The van der Waals surface area contributed by atoms with Crippen molar-refractivity contribution in [3.8, 4) is 0 Å². The zero-order valence-corrected chi connectivity index (χ0v) is 9.11. The van der Waals surface area contributed by atoms with Gasteiger partial charge in [0.15, 0.2) is 12.2 Å². The number of hydrogen-bond donors (Lipinski definition) is 6. The lowest BCUT2D eigenvalue weighted by Gasteiger charge is -2.16. The summed E-state index contributed by atoms with van der Waals surface area (Å²) in [5, 5.41) is 44.5. The number of rotatable bonds is 3. The predicted molar refractivity (Wildman–Crippen MR) is 55.4 cm³/mol. The molecule has 0 spiro atoms. The molecule has 0 aliphatic carbocycles. The molecule has 100 valence electrons. The van der Waals surface area contributed by atoms with Gasteiger partial charge in [0.1, 0.15) is 0 Å². The fourth-order valence-corrected chi connectivity index (χ4v) is 1.10. The first-order valence-electron chi connectivity index (χ1n) is 5.06. The quantitative estimate of drug-likeness (QED) is 0.325. The first-order valence-corrected chi connectivity index (χ1v) is 5.06. The molecule has 1 rings (SSSR count). The highest BCUT2D eigenvalue weighted by Gasteiger charge is 2.29. The maximum atomic E-state index is 9.77. The molecule has 8 nitrogen and oxygen atoms in total. The number of piperidine rings is 1. The minimum Gasteiger partial charge on any atom is -0.479 e. The molecule has 1 aliphatic heterocycles. The highest BCUT2D eigenvalue weighted by Crippen LogP contribution is 1.98. The predicted octanol–water partition coefficient (Wildman–Crippen LogP) is -2.39. The molecule has 2 unspecified atom stereocenters. The Kier molecular flexibility index (Phi) is 7.39. The molecule has 3 atom stereocenters. The molecule has 8 heteroatoms. The van der Waals surface area contributed by atoms with Crippen LogP contribution >= 0.6 is 0 Å². The number of carbonyl (C=O) groups is 2. The largest absolute Gasteiger partial charge is 0.479 e. The molecule has 0 aromatic heterocycles. The Morgan fingerprint density at radius 1 is 1.12 bits per heavy atom. The van der Waals surface area contributed by atoms with Crippen LogP contribution in [0.4, 0.5) is 0 Å². The molecule has 0 radical (unpaired) electrons. The minimum absolute atomic E-state index is 0.0752. The molecule has 0 saturated carbocycles. The lowest BCUT2D eigenvalue weighted by Crippen LogP contribution is -2.39. The van der Waals surface area contributed by atoms with Crippen molar-refractivity contribution in [3.63, 3.8) is 0 Å². The first kappa shape index (κ1) is 15.8. The number of nitrogens with one attached hydrogen (secondary N) is 1. The molecule has 1 aliphatic rings. The molecule has 0 aromatic carbocycles. The second kappa shape index (κ2) is 7.96. The van der Waals surface area contributed by atoms with Crippen LogP contribution in [0.3, 0.4) is 0 Å². The van der Waals surface area contributed by atoms with Gasteiger partial charge in [-0.05, 0) is 19.4 Å². The number of β-amino-alcohol motifs (C(OH)–C–C–N with tert-alkyl or cyclic N) is 1. The summed E-state index contributed by atoms with van der Waals surface area (Å²) in [5.41, 5.74) is 0. The topological polar surface area (TPSA) is 147 Å². The van der Waals surface area contributed by atoms with E-state index in [4.69, 9.17) is 25.5 Å². The molecule has 1 fully saturated rings. The number of aliphatic hydroxyl groups excluding tert-OH is 3. The number of carboxylic acid groups (broad SMARTS) is 2. The van der Waals surface area contributed by atoms with Crippen LogP contribution in [0.1, 0.15) is 12.8 Å². The van der Waals surface area contributed by atoms with Crippen molar-refractivity contribution >= 4 is 11.9 Å². The van der Waals surface area contributed by atoms with Gasteiger partial charge in [0.2, 0.25) is 0 Å². The van der Waals surface area contributed by atoms with Gasteiger partial charge in [0.25, 0.3) is 0 Å². The van der Waals surface area contributed by atoms with Gasteiger partial charge in [-0.25, -0.2) is 9.59 Å². The number of aliphatic carboxylic acids is 2. The average molecular weight is 251 g/mol. The van der Waals surface area contributed by atoms with E-state index < -0.39 is 24.1 Å². The molecule has 0 aromatic rings. The zero-order chi connectivity index (χ0) is 13.4. The first-order chi connectivity index (χ1) is 7.86. The van der Waals surface area contributed by atoms with Crippen molar-refractivity contribution in [1.29, 1.82) is 0 Å². The Labute approximate surface area is 97.5 Å². The van der Waals surface area contributed by atoms with Crippen LogP contribution in [0.5, 0.6) is 0 Å². The van der Waals surface area contributed by atoms with Gasteiger partial charge in [-0.1, -0.05) is 0 Å². The van der Waals surface area contributed by atoms with Crippen LogP contribution in [-0.2, 0) is 9.59 Å². The maximum Gasteiger partial charge on any atom is 0.335 e. The minimum atomic E-state index is -2.27. The fraction of sp³-hybridized carbons (Fsp3) is 0.778. The third kappa shape index (κ3) is 6.84. The third-order valence-electron chi connectivity index (χ3n) is 2.08. The van der Waals surface area contributed by atoms with E-state index in [2.05, 4.69) is 5.32 Å². The summed E-state index contributed by atoms with van der Waals surface area (Å²) < 4.78 is 0. The molecular formula is C9H17NO7. The van der Waals surface area contributed by atoms with Crippen LogP contribution in [0, 0.1) is 0 Å². The van der Waals surface area contributed by atoms with Crippen LogP contribution in [-0.4, -0.2) is 68.9 Å². The van der Waals surface area contributed by atoms with E-state index in [0.29, 0.717) is 0 Å². The molecule has 6 N–H and O–H groups in total. The van der Waals surface area contributed by atoms with E-state index in [1.165, 1.54) is 0 Å². The normalized spacial score (nSPS) is 22.9. The van der Waals surface area contributed by atoms with Crippen molar-refractivity contribution < 1.29 is 35.1 Å². The van der Waals surface area contributed by atoms with Crippen LogP contribution in [0.2, 0.25) is 0 Å². The fourth-order valence-electron chi connectivity index (χ4n) is 1.10. The van der Waals surface area contributed by atoms with Gasteiger partial charge in [0.05, 0.1) is 6.10 Å². The van der Waals surface area contributed by atoms with Gasteiger partial charge in [-0.2, -0.15) is 0 Å². The van der Waals surface area contributed by atoms with E-state index in [0.717, 1.165) is 25.9 Å². The van der Waals surface area contributed by atoms with Crippen molar-refractivity contribution in [1.82, 2.24) is 5.32 Å². The zero-order valence-electron chi connectivity index (χ0n) is 9.11. The molecule has 17 heavy (non-hydrogen) atoms. The van der Waals surface area contributed by atoms with Crippen molar-refractivity contribution in [3.05, 3.63) is 0 Å². The van der Waals surface area contributed by atoms with Crippen LogP contribution < -0.4 is 5.32 Å². The Balaban J connectivity index is 0.000000318. The van der Waals surface area contributed by atoms with E-state index in [1.54, 1.807) is 0 Å². The summed E-state index contributed by atoms with van der Waals surface area (Å²) in [7, 11) is 0. The molecule has 1 saturated heterocycles. The SMILES string of the molecule is O=C(O)C(O)C(O)C(=O)O.O[C@H]1CCCNC1. The Bertz CT molecular complexity index is 234. The number of hydrogen-bond acceptors (Lipinski definition) is 6. The van der Waals surface area contributed by atoms with E-state index in [9.17, 15) is 9.59 Å². The maximum absolute atomic E-state index is 9.77. The summed E-state index contributed by atoms with van der Waals surface area (Å²) in [6, 6.07) is 0. The average Bonchev–Trinajstić information content (AvgIpc) is 2.28. The number of carboxylic acids is 2. The lowest BCUT2D eigenvalue weighted by molar-refractivity contribution is -0.165.